The molecular weight excluding hydrogens is 194 g/mol. The maximum atomic E-state index is 11.2. The molecule has 0 saturated heterocycles. The van der Waals surface area contributed by atoms with E-state index in [-0.39, 0.29) is 18.6 Å². The van der Waals surface area contributed by atoms with Crippen LogP contribution in [0.5, 0.6) is 0 Å². The van der Waals surface area contributed by atoms with Crippen molar-refractivity contribution in [2.24, 2.45) is 5.73 Å². The van der Waals surface area contributed by atoms with E-state index in [1.54, 1.807) is 18.2 Å². The first-order valence-corrected chi connectivity index (χ1v) is 4.73. The predicted molar refractivity (Wildman–Crippen MR) is 56.4 cm³/mol. The number of hydrogen-bond acceptors (Lipinski definition) is 4. The summed E-state index contributed by atoms with van der Waals surface area (Å²) in [5.74, 6) is -0.381. The smallest absolute Gasteiger partial charge is 0.337 e. The third-order valence-corrected chi connectivity index (χ3v) is 2.18. The van der Waals surface area contributed by atoms with Crippen molar-refractivity contribution in [3.05, 3.63) is 35.4 Å². The van der Waals surface area contributed by atoms with E-state index in [2.05, 4.69) is 4.74 Å². The molecule has 0 saturated carbocycles. The van der Waals surface area contributed by atoms with Gasteiger partial charge >= 0.3 is 5.97 Å². The Hall–Kier alpha value is -1.39. The topological polar surface area (TPSA) is 72.5 Å². The van der Waals surface area contributed by atoms with E-state index in [9.17, 15) is 4.79 Å². The number of ether oxygens (including phenoxy) is 1. The average Bonchev–Trinajstić information content (AvgIpc) is 2.28. The van der Waals surface area contributed by atoms with E-state index in [0.29, 0.717) is 12.0 Å². The molecule has 1 atom stereocenters. The fourth-order valence-corrected chi connectivity index (χ4v) is 1.32. The Kier molecular flexibility index (Phi) is 4.27. The van der Waals surface area contributed by atoms with Crippen LogP contribution in [0.1, 0.15) is 28.4 Å². The molecular formula is C11H15NO3. The molecule has 1 aromatic rings. The summed E-state index contributed by atoms with van der Waals surface area (Å²) in [6.45, 7) is 0.0314. The van der Waals surface area contributed by atoms with Crippen molar-refractivity contribution >= 4 is 5.97 Å². The molecule has 0 unspecified atom stereocenters. The van der Waals surface area contributed by atoms with Gasteiger partial charge in [-0.2, -0.15) is 0 Å². The van der Waals surface area contributed by atoms with Crippen LogP contribution in [-0.4, -0.2) is 24.8 Å². The van der Waals surface area contributed by atoms with Gasteiger partial charge in [0.05, 0.1) is 12.7 Å². The van der Waals surface area contributed by atoms with Crippen LogP contribution in [0.4, 0.5) is 0 Å². The second-order valence-electron chi connectivity index (χ2n) is 3.24. The van der Waals surface area contributed by atoms with Gasteiger partial charge in [0.2, 0.25) is 0 Å². The highest BCUT2D eigenvalue weighted by molar-refractivity contribution is 5.89. The zero-order valence-corrected chi connectivity index (χ0v) is 8.64. The molecule has 0 aliphatic heterocycles. The van der Waals surface area contributed by atoms with Gasteiger partial charge in [-0.25, -0.2) is 4.79 Å². The number of aliphatic hydroxyl groups is 1. The number of benzene rings is 1. The van der Waals surface area contributed by atoms with Crippen LogP contribution in [0.3, 0.4) is 0 Å². The summed E-state index contributed by atoms with van der Waals surface area (Å²) in [6, 6.07) is 6.68. The van der Waals surface area contributed by atoms with Gasteiger partial charge in [-0.1, -0.05) is 12.1 Å². The maximum Gasteiger partial charge on any atom is 0.337 e. The Labute approximate surface area is 88.7 Å². The fourth-order valence-electron chi connectivity index (χ4n) is 1.32. The first kappa shape index (κ1) is 11.7. The summed E-state index contributed by atoms with van der Waals surface area (Å²) in [7, 11) is 1.34. The van der Waals surface area contributed by atoms with Gasteiger partial charge in [0.15, 0.2) is 0 Å². The van der Waals surface area contributed by atoms with E-state index in [1.165, 1.54) is 7.11 Å². The van der Waals surface area contributed by atoms with E-state index in [0.717, 1.165) is 5.56 Å². The van der Waals surface area contributed by atoms with Crippen LogP contribution in [0.25, 0.3) is 0 Å². The van der Waals surface area contributed by atoms with Gasteiger partial charge < -0.3 is 15.6 Å². The maximum absolute atomic E-state index is 11.2. The molecule has 15 heavy (non-hydrogen) atoms. The molecule has 0 aromatic heterocycles. The molecule has 3 N–H and O–H groups in total. The van der Waals surface area contributed by atoms with Crippen molar-refractivity contribution in [1.29, 1.82) is 0 Å². The highest BCUT2D eigenvalue weighted by atomic mass is 16.5. The second-order valence-corrected chi connectivity index (χ2v) is 3.24. The first-order valence-electron chi connectivity index (χ1n) is 4.73. The van der Waals surface area contributed by atoms with Crippen LogP contribution in [0.2, 0.25) is 0 Å². The van der Waals surface area contributed by atoms with Crippen LogP contribution in [-0.2, 0) is 4.74 Å². The molecule has 0 aliphatic carbocycles. The number of esters is 1. The quantitative estimate of drug-likeness (QED) is 0.721. The Morgan fingerprint density at radius 1 is 1.60 bits per heavy atom. The first-order chi connectivity index (χ1) is 7.19. The minimum Gasteiger partial charge on any atom is -0.465 e. The minimum absolute atomic E-state index is 0.0314. The van der Waals surface area contributed by atoms with Crippen molar-refractivity contribution in [2.45, 2.75) is 12.5 Å². The highest BCUT2D eigenvalue weighted by Gasteiger charge is 2.09. The van der Waals surface area contributed by atoms with Gasteiger partial charge in [0.25, 0.3) is 0 Å². The molecule has 1 rings (SSSR count). The minimum atomic E-state index is -0.381. The third kappa shape index (κ3) is 3.04. The summed E-state index contributed by atoms with van der Waals surface area (Å²) in [5.41, 5.74) is 7.11. The number of carbonyl (C=O) groups is 1. The van der Waals surface area contributed by atoms with Crippen molar-refractivity contribution in [3.63, 3.8) is 0 Å². The molecule has 0 bridgehead atoms. The van der Waals surface area contributed by atoms with Gasteiger partial charge in [0.1, 0.15) is 0 Å². The molecule has 82 valence electrons. The zero-order valence-electron chi connectivity index (χ0n) is 8.64. The molecule has 4 nitrogen and oxygen atoms in total. The predicted octanol–water partition coefficient (Wildman–Crippen LogP) is 0.855. The van der Waals surface area contributed by atoms with E-state index in [4.69, 9.17) is 10.8 Å². The summed E-state index contributed by atoms with van der Waals surface area (Å²) >= 11 is 0. The van der Waals surface area contributed by atoms with Crippen LogP contribution >= 0.6 is 0 Å². The molecule has 0 amide bonds. The molecule has 1 aromatic carbocycles. The van der Waals surface area contributed by atoms with Crippen molar-refractivity contribution in [2.75, 3.05) is 13.7 Å². The molecule has 0 fully saturated rings. The molecule has 0 aliphatic rings. The summed E-state index contributed by atoms with van der Waals surface area (Å²) in [5, 5.41) is 8.75. The van der Waals surface area contributed by atoms with Gasteiger partial charge in [0, 0.05) is 12.6 Å². The third-order valence-electron chi connectivity index (χ3n) is 2.18. The number of aliphatic hydroxyl groups excluding tert-OH is 1. The lowest BCUT2D eigenvalue weighted by molar-refractivity contribution is 0.0600. The standard InChI is InChI=1S/C11H15NO3/c1-15-11(14)9-4-2-3-8(7-9)10(12)5-6-13/h2-4,7,10,13H,5-6,12H2,1H3/t10-/m1/s1. The monoisotopic (exact) mass is 209 g/mol. The zero-order chi connectivity index (χ0) is 11.3. The number of rotatable bonds is 4. The van der Waals surface area contributed by atoms with Crippen molar-refractivity contribution < 1.29 is 14.6 Å². The molecule has 0 heterocycles. The molecule has 0 radical (unpaired) electrons. The summed E-state index contributed by atoms with van der Waals surface area (Å²) < 4.78 is 4.60. The molecule has 0 spiro atoms. The Bertz CT molecular complexity index is 338. The summed E-state index contributed by atoms with van der Waals surface area (Å²) in [6.07, 6.45) is 0.477. The van der Waals surface area contributed by atoms with Crippen LogP contribution in [0.15, 0.2) is 24.3 Å². The molecule has 4 heteroatoms. The van der Waals surface area contributed by atoms with E-state index < -0.39 is 0 Å². The van der Waals surface area contributed by atoms with E-state index >= 15 is 0 Å². The number of nitrogens with two attached hydrogens (primary N) is 1. The highest BCUT2D eigenvalue weighted by Crippen LogP contribution is 2.15. The van der Waals surface area contributed by atoms with Gasteiger partial charge in [-0.05, 0) is 24.1 Å². The number of hydrogen-bond donors (Lipinski definition) is 2. The van der Waals surface area contributed by atoms with Crippen LogP contribution < -0.4 is 5.73 Å². The number of methoxy groups -OCH3 is 1. The van der Waals surface area contributed by atoms with E-state index in [1.807, 2.05) is 6.07 Å². The lowest BCUT2D eigenvalue weighted by atomic mass is 10.0. The Morgan fingerprint density at radius 3 is 2.93 bits per heavy atom. The fraction of sp³-hybridized carbons (Fsp3) is 0.364. The lowest BCUT2D eigenvalue weighted by Crippen LogP contribution is -2.13. The largest absolute Gasteiger partial charge is 0.465 e. The Morgan fingerprint density at radius 2 is 2.33 bits per heavy atom. The van der Waals surface area contributed by atoms with Crippen molar-refractivity contribution in [3.8, 4) is 0 Å². The second kappa shape index (κ2) is 5.48. The van der Waals surface area contributed by atoms with Gasteiger partial charge in [-0.15, -0.1) is 0 Å². The lowest BCUT2D eigenvalue weighted by Gasteiger charge is -2.11. The van der Waals surface area contributed by atoms with Crippen LogP contribution in [0, 0.1) is 0 Å². The normalized spacial score (nSPS) is 12.2. The Balaban J connectivity index is 2.87. The SMILES string of the molecule is COC(=O)c1cccc([C@H](N)CCO)c1. The van der Waals surface area contributed by atoms with Gasteiger partial charge in [-0.3, -0.25) is 0 Å². The van der Waals surface area contributed by atoms with Crippen molar-refractivity contribution in [1.82, 2.24) is 0 Å². The number of carbonyl (C=O) groups excluding carboxylic acids is 1. The summed E-state index contributed by atoms with van der Waals surface area (Å²) in [4.78, 5) is 11.2. The average molecular weight is 209 g/mol.